The Hall–Kier alpha value is -1.62. The maximum Gasteiger partial charge on any atom is 0.410 e. The van der Waals surface area contributed by atoms with Crippen LogP contribution in [0.2, 0.25) is 0 Å². The van der Waals surface area contributed by atoms with E-state index in [4.69, 9.17) is 10.5 Å². The van der Waals surface area contributed by atoms with Gasteiger partial charge in [0.1, 0.15) is 11.4 Å². The Morgan fingerprint density at radius 1 is 1.45 bits per heavy atom. The van der Waals surface area contributed by atoms with Gasteiger partial charge in [0.05, 0.1) is 0 Å². The molecule has 1 heterocycles. The summed E-state index contributed by atoms with van der Waals surface area (Å²) in [7, 11) is 0. The van der Waals surface area contributed by atoms with Gasteiger partial charge in [0, 0.05) is 19.1 Å². The minimum Gasteiger partial charge on any atom is -0.444 e. The molecule has 0 unspecified atom stereocenters. The molecule has 1 saturated heterocycles. The van der Waals surface area contributed by atoms with Crippen molar-refractivity contribution in [2.75, 3.05) is 13.1 Å². The molecule has 0 radical (unpaired) electrons. The second kappa shape index (κ2) is 6.65. The highest BCUT2D eigenvalue weighted by Crippen LogP contribution is 2.22. The average molecular weight is 308 g/mol. The molecule has 2 rings (SSSR count). The summed E-state index contributed by atoms with van der Waals surface area (Å²) in [6, 6.07) is 6.56. The van der Waals surface area contributed by atoms with Crippen LogP contribution < -0.4 is 5.73 Å². The smallest absolute Gasteiger partial charge is 0.410 e. The first-order valence-corrected chi connectivity index (χ1v) is 7.72. The SMILES string of the molecule is CC(C)(C)OC(=O)N1CC[C@@H](N)[C@@H](Cc2cccc(F)c2)C1. The maximum atomic E-state index is 13.3. The molecule has 22 heavy (non-hydrogen) atoms. The number of carbonyl (C=O) groups is 1. The topological polar surface area (TPSA) is 55.6 Å². The van der Waals surface area contributed by atoms with Crippen LogP contribution in [0, 0.1) is 11.7 Å². The molecule has 4 nitrogen and oxygen atoms in total. The monoisotopic (exact) mass is 308 g/mol. The number of benzene rings is 1. The summed E-state index contributed by atoms with van der Waals surface area (Å²) in [4.78, 5) is 13.9. The summed E-state index contributed by atoms with van der Waals surface area (Å²) in [5, 5.41) is 0. The van der Waals surface area contributed by atoms with Crippen molar-refractivity contribution in [3.8, 4) is 0 Å². The summed E-state index contributed by atoms with van der Waals surface area (Å²) < 4.78 is 18.7. The van der Waals surface area contributed by atoms with Crippen LogP contribution >= 0.6 is 0 Å². The maximum absolute atomic E-state index is 13.3. The van der Waals surface area contributed by atoms with Gasteiger partial charge in [0.15, 0.2) is 0 Å². The number of ether oxygens (including phenoxy) is 1. The van der Waals surface area contributed by atoms with Crippen molar-refractivity contribution in [2.45, 2.75) is 45.3 Å². The lowest BCUT2D eigenvalue weighted by Crippen LogP contribution is -2.51. The molecule has 1 fully saturated rings. The first-order valence-electron chi connectivity index (χ1n) is 7.72. The van der Waals surface area contributed by atoms with Gasteiger partial charge >= 0.3 is 6.09 Å². The van der Waals surface area contributed by atoms with Crippen LogP contribution in [-0.2, 0) is 11.2 Å². The highest BCUT2D eigenvalue weighted by atomic mass is 19.1. The van der Waals surface area contributed by atoms with Gasteiger partial charge in [-0.3, -0.25) is 0 Å². The lowest BCUT2D eigenvalue weighted by atomic mass is 9.87. The summed E-state index contributed by atoms with van der Waals surface area (Å²) in [5.41, 5.74) is 6.59. The predicted molar refractivity (Wildman–Crippen MR) is 84.0 cm³/mol. The predicted octanol–water partition coefficient (Wildman–Crippen LogP) is 2.95. The first kappa shape index (κ1) is 16.7. The number of hydrogen-bond acceptors (Lipinski definition) is 3. The molecule has 0 saturated carbocycles. The van der Waals surface area contributed by atoms with E-state index in [1.807, 2.05) is 26.8 Å². The molecule has 1 amide bonds. The Bertz CT molecular complexity index is 528. The summed E-state index contributed by atoms with van der Waals surface area (Å²) in [5.74, 6) is -0.131. The molecule has 0 aliphatic carbocycles. The molecule has 1 aromatic carbocycles. The van der Waals surface area contributed by atoms with E-state index in [0.29, 0.717) is 19.5 Å². The third-order valence-corrected chi connectivity index (χ3v) is 3.83. The van der Waals surface area contributed by atoms with Crippen LogP contribution in [0.5, 0.6) is 0 Å². The minimum absolute atomic E-state index is 0.0157. The average Bonchev–Trinajstić information content (AvgIpc) is 2.39. The Morgan fingerprint density at radius 2 is 2.18 bits per heavy atom. The van der Waals surface area contributed by atoms with Gasteiger partial charge < -0.3 is 15.4 Å². The highest BCUT2D eigenvalue weighted by Gasteiger charge is 2.31. The Kier molecular flexibility index (Phi) is 5.06. The van der Waals surface area contributed by atoms with Crippen LogP contribution in [0.25, 0.3) is 0 Å². The number of piperidine rings is 1. The number of nitrogens with two attached hydrogens (primary N) is 1. The van der Waals surface area contributed by atoms with E-state index in [2.05, 4.69) is 0 Å². The van der Waals surface area contributed by atoms with E-state index >= 15 is 0 Å². The summed E-state index contributed by atoms with van der Waals surface area (Å²) >= 11 is 0. The first-order chi connectivity index (χ1) is 10.2. The third kappa shape index (κ3) is 4.70. The Morgan fingerprint density at radius 3 is 2.82 bits per heavy atom. The van der Waals surface area contributed by atoms with Crippen LogP contribution in [0.3, 0.4) is 0 Å². The number of nitrogens with zero attached hydrogens (tertiary/aromatic N) is 1. The van der Waals surface area contributed by atoms with Crippen LogP contribution in [0.15, 0.2) is 24.3 Å². The second-order valence-electron chi connectivity index (χ2n) is 6.97. The van der Waals surface area contributed by atoms with E-state index in [0.717, 1.165) is 12.0 Å². The Balaban J connectivity index is 2.00. The number of rotatable bonds is 2. The van der Waals surface area contributed by atoms with Gasteiger partial charge in [-0.2, -0.15) is 0 Å². The molecule has 0 bridgehead atoms. The van der Waals surface area contributed by atoms with Gasteiger partial charge in [0.2, 0.25) is 0 Å². The van der Waals surface area contributed by atoms with Crippen molar-refractivity contribution in [1.82, 2.24) is 4.90 Å². The number of halogens is 1. The van der Waals surface area contributed by atoms with E-state index in [9.17, 15) is 9.18 Å². The highest BCUT2D eigenvalue weighted by molar-refractivity contribution is 5.68. The summed E-state index contributed by atoms with van der Waals surface area (Å²) in [6.07, 6.45) is 1.10. The fourth-order valence-electron chi connectivity index (χ4n) is 2.73. The molecular formula is C17H25FN2O2. The lowest BCUT2D eigenvalue weighted by Gasteiger charge is -2.37. The largest absolute Gasteiger partial charge is 0.444 e. The van der Waals surface area contributed by atoms with Gasteiger partial charge in [-0.15, -0.1) is 0 Å². The zero-order chi connectivity index (χ0) is 16.3. The molecule has 0 aromatic heterocycles. The van der Waals surface area contributed by atoms with Crippen molar-refractivity contribution in [3.05, 3.63) is 35.6 Å². The van der Waals surface area contributed by atoms with Gasteiger partial charge in [-0.1, -0.05) is 12.1 Å². The van der Waals surface area contributed by atoms with Crippen molar-refractivity contribution in [3.63, 3.8) is 0 Å². The molecule has 1 aliphatic heterocycles. The second-order valence-corrected chi connectivity index (χ2v) is 6.97. The van der Waals surface area contributed by atoms with Crippen molar-refractivity contribution in [1.29, 1.82) is 0 Å². The fraction of sp³-hybridized carbons (Fsp3) is 0.588. The number of amides is 1. The number of likely N-dealkylation sites (tertiary alicyclic amines) is 1. The molecule has 2 N–H and O–H groups in total. The van der Waals surface area contributed by atoms with E-state index in [1.165, 1.54) is 12.1 Å². The number of hydrogen-bond donors (Lipinski definition) is 1. The van der Waals surface area contributed by atoms with Crippen molar-refractivity contribution in [2.24, 2.45) is 11.7 Å². The van der Waals surface area contributed by atoms with Crippen molar-refractivity contribution >= 4 is 6.09 Å². The number of carbonyl (C=O) groups excluding carboxylic acids is 1. The molecule has 0 spiro atoms. The molecule has 5 heteroatoms. The third-order valence-electron chi connectivity index (χ3n) is 3.83. The normalized spacial score (nSPS) is 22.5. The van der Waals surface area contributed by atoms with E-state index in [1.54, 1.807) is 11.0 Å². The summed E-state index contributed by atoms with van der Waals surface area (Å²) in [6.45, 7) is 6.71. The molecule has 1 aliphatic rings. The molecular weight excluding hydrogens is 283 g/mol. The zero-order valence-corrected chi connectivity index (χ0v) is 13.5. The van der Waals surface area contributed by atoms with Crippen molar-refractivity contribution < 1.29 is 13.9 Å². The molecule has 2 atom stereocenters. The lowest BCUT2D eigenvalue weighted by molar-refractivity contribution is 0.0148. The van der Waals surface area contributed by atoms with E-state index < -0.39 is 5.60 Å². The molecule has 1 aromatic rings. The molecule has 122 valence electrons. The standard InChI is InChI=1S/C17H25FN2O2/c1-17(2,3)22-16(21)20-8-7-15(19)13(11-20)9-12-5-4-6-14(18)10-12/h4-6,10,13,15H,7-9,11,19H2,1-3H3/t13-,15+/m0/s1. The van der Waals surface area contributed by atoms with Crippen LogP contribution in [0.1, 0.15) is 32.8 Å². The van der Waals surface area contributed by atoms with E-state index in [-0.39, 0.29) is 23.9 Å². The fourth-order valence-corrected chi connectivity index (χ4v) is 2.73. The van der Waals surface area contributed by atoms with Crippen LogP contribution in [0.4, 0.5) is 9.18 Å². The zero-order valence-electron chi connectivity index (χ0n) is 13.5. The minimum atomic E-state index is -0.505. The van der Waals surface area contributed by atoms with Crippen LogP contribution in [-0.4, -0.2) is 35.7 Å². The van der Waals surface area contributed by atoms with Gasteiger partial charge in [-0.25, -0.2) is 9.18 Å². The van der Waals surface area contributed by atoms with Gasteiger partial charge in [0.25, 0.3) is 0 Å². The van der Waals surface area contributed by atoms with Gasteiger partial charge in [-0.05, 0) is 57.2 Å². The quantitative estimate of drug-likeness (QED) is 0.914. The Labute approximate surface area is 131 Å².